The van der Waals surface area contributed by atoms with Crippen LogP contribution < -0.4 is 5.32 Å². The number of carboxylic acid groups (broad SMARTS) is 1. The fourth-order valence-corrected chi connectivity index (χ4v) is 2.43. The summed E-state index contributed by atoms with van der Waals surface area (Å²) in [5.74, 6) is -0.345. The first-order valence-electron chi connectivity index (χ1n) is 7.64. The van der Waals surface area contributed by atoms with Crippen LogP contribution in [0.2, 0.25) is 0 Å². The molecule has 116 valence electrons. The predicted octanol–water partition coefficient (Wildman–Crippen LogP) is 3.02. The molecule has 1 aromatic rings. The summed E-state index contributed by atoms with van der Waals surface area (Å²) in [6, 6.07) is 9.65. The highest BCUT2D eigenvalue weighted by atomic mass is 16.4. The summed E-state index contributed by atoms with van der Waals surface area (Å²) >= 11 is 0. The van der Waals surface area contributed by atoms with Gasteiger partial charge in [-0.2, -0.15) is 0 Å². The summed E-state index contributed by atoms with van der Waals surface area (Å²) < 4.78 is 0. The minimum Gasteiger partial charge on any atom is -0.481 e. The number of benzene rings is 1. The average molecular weight is 291 g/mol. The van der Waals surface area contributed by atoms with E-state index >= 15 is 0 Å². The van der Waals surface area contributed by atoms with Crippen LogP contribution in [-0.2, 0) is 16.0 Å². The molecule has 0 heterocycles. The number of amides is 1. The van der Waals surface area contributed by atoms with Gasteiger partial charge in [0.25, 0.3) is 0 Å². The molecule has 1 unspecified atom stereocenters. The zero-order chi connectivity index (χ0) is 15.5. The Morgan fingerprint density at radius 3 is 2.48 bits per heavy atom. The third kappa shape index (κ3) is 8.12. The zero-order valence-corrected chi connectivity index (χ0v) is 12.7. The van der Waals surface area contributed by atoms with Crippen LogP contribution in [0.4, 0.5) is 0 Å². The number of rotatable bonds is 10. The topological polar surface area (TPSA) is 66.4 Å². The van der Waals surface area contributed by atoms with Gasteiger partial charge in [0.1, 0.15) is 0 Å². The smallest absolute Gasteiger partial charge is 0.303 e. The van der Waals surface area contributed by atoms with Gasteiger partial charge in [-0.1, -0.05) is 50.1 Å². The Balaban J connectivity index is 2.26. The van der Waals surface area contributed by atoms with E-state index in [9.17, 15) is 9.59 Å². The van der Waals surface area contributed by atoms with Crippen LogP contribution >= 0.6 is 0 Å². The van der Waals surface area contributed by atoms with Gasteiger partial charge in [0.05, 0.1) is 6.42 Å². The molecule has 1 atom stereocenters. The van der Waals surface area contributed by atoms with Crippen molar-refractivity contribution in [1.82, 2.24) is 5.32 Å². The molecule has 0 aliphatic rings. The first-order chi connectivity index (χ1) is 10.1. The maximum Gasteiger partial charge on any atom is 0.303 e. The van der Waals surface area contributed by atoms with Gasteiger partial charge in [0.2, 0.25) is 5.91 Å². The first kappa shape index (κ1) is 17.2. The van der Waals surface area contributed by atoms with Crippen molar-refractivity contribution >= 4 is 11.9 Å². The van der Waals surface area contributed by atoms with Crippen LogP contribution in [0.15, 0.2) is 30.3 Å². The van der Waals surface area contributed by atoms with E-state index in [1.807, 2.05) is 30.3 Å². The second-order valence-electron chi connectivity index (χ2n) is 5.39. The van der Waals surface area contributed by atoms with E-state index in [-0.39, 0.29) is 12.3 Å². The second kappa shape index (κ2) is 9.97. The predicted molar refractivity (Wildman–Crippen MR) is 83.0 cm³/mol. The molecule has 0 spiro atoms. The summed E-state index contributed by atoms with van der Waals surface area (Å²) in [6.07, 6.45) is 4.21. The molecule has 0 radical (unpaired) electrons. The second-order valence-corrected chi connectivity index (χ2v) is 5.39. The molecule has 0 aromatic heterocycles. The summed E-state index contributed by atoms with van der Waals surface area (Å²) in [6.45, 7) is 2.72. The molecule has 21 heavy (non-hydrogen) atoms. The lowest BCUT2D eigenvalue weighted by molar-refractivity contribution is -0.137. The Morgan fingerprint density at radius 1 is 1.14 bits per heavy atom. The number of carbonyl (C=O) groups is 2. The molecular formula is C17H25NO3. The van der Waals surface area contributed by atoms with Gasteiger partial charge in [-0.3, -0.25) is 9.59 Å². The molecule has 1 aromatic carbocycles. The Labute approximate surface area is 126 Å². The normalized spacial score (nSPS) is 11.9. The Hall–Kier alpha value is -1.84. The number of aliphatic carboxylic acids is 1. The van der Waals surface area contributed by atoms with Crippen LogP contribution in [0.3, 0.4) is 0 Å². The molecule has 1 rings (SSSR count). The summed E-state index contributed by atoms with van der Waals surface area (Å²) in [7, 11) is 0. The largest absolute Gasteiger partial charge is 0.481 e. The van der Waals surface area contributed by atoms with Gasteiger partial charge < -0.3 is 10.4 Å². The molecule has 0 fully saturated rings. The van der Waals surface area contributed by atoms with Crippen molar-refractivity contribution in [2.24, 2.45) is 5.92 Å². The molecule has 0 bridgehead atoms. The Kier molecular flexibility index (Phi) is 8.17. The number of nitrogens with one attached hydrogen (secondary N) is 1. The number of carboxylic acids is 1. The molecule has 1 amide bonds. The number of hydrogen-bond acceptors (Lipinski definition) is 2. The number of carbonyl (C=O) groups excluding carboxylic acids is 1. The van der Waals surface area contributed by atoms with Crippen molar-refractivity contribution in [3.8, 4) is 0 Å². The zero-order valence-electron chi connectivity index (χ0n) is 12.7. The minimum atomic E-state index is -0.746. The highest BCUT2D eigenvalue weighted by Gasteiger charge is 2.11. The SMILES string of the molecule is CCCC(CCNC(=O)Cc1ccccc1)CCC(=O)O. The maximum atomic E-state index is 11.8. The van der Waals surface area contributed by atoms with Crippen molar-refractivity contribution in [3.63, 3.8) is 0 Å². The third-order valence-corrected chi connectivity index (χ3v) is 3.55. The molecule has 2 N–H and O–H groups in total. The van der Waals surface area contributed by atoms with E-state index in [1.54, 1.807) is 0 Å². The fraction of sp³-hybridized carbons (Fsp3) is 0.529. The van der Waals surface area contributed by atoms with Gasteiger partial charge in [-0.05, 0) is 24.3 Å². The average Bonchev–Trinajstić information content (AvgIpc) is 2.45. The molecule has 0 saturated carbocycles. The van der Waals surface area contributed by atoms with Crippen molar-refractivity contribution < 1.29 is 14.7 Å². The monoisotopic (exact) mass is 291 g/mol. The highest BCUT2D eigenvalue weighted by Crippen LogP contribution is 2.17. The Morgan fingerprint density at radius 2 is 1.86 bits per heavy atom. The van der Waals surface area contributed by atoms with Gasteiger partial charge in [0.15, 0.2) is 0 Å². The quantitative estimate of drug-likeness (QED) is 0.696. The van der Waals surface area contributed by atoms with Crippen LogP contribution in [0.25, 0.3) is 0 Å². The molecular weight excluding hydrogens is 266 g/mol. The molecule has 4 nitrogen and oxygen atoms in total. The molecule has 0 aliphatic heterocycles. The van der Waals surface area contributed by atoms with Crippen molar-refractivity contribution in [1.29, 1.82) is 0 Å². The third-order valence-electron chi connectivity index (χ3n) is 3.55. The standard InChI is InChI=1S/C17H25NO3/c1-2-6-14(9-10-17(20)21)11-12-18-16(19)13-15-7-4-3-5-8-15/h3-5,7-8,14H,2,6,9-13H2,1H3,(H,18,19)(H,20,21). The van der Waals surface area contributed by atoms with Crippen molar-refractivity contribution in [2.45, 2.75) is 45.4 Å². The number of hydrogen-bond donors (Lipinski definition) is 2. The maximum absolute atomic E-state index is 11.8. The minimum absolute atomic E-state index is 0.0229. The van der Waals surface area contributed by atoms with E-state index in [1.165, 1.54) is 0 Å². The molecule has 0 saturated heterocycles. The van der Waals surface area contributed by atoms with Gasteiger partial charge in [0, 0.05) is 13.0 Å². The van der Waals surface area contributed by atoms with Gasteiger partial charge in [-0.25, -0.2) is 0 Å². The van der Waals surface area contributed by atoms with E-state index in [0.717, 1.165) is 24.8 Å². The molecule has 0 aliphatic carbocycles. The Bertz CT molecular complexity index is 431. The van der Waals surface area contributed by atoms with Crippen LogP contribution in [-0.4, -0.2) is 23.5 Å². The highest BCUT2D eigenvalue weighted by molar-refractivity contribution is 5.78. The van der Waals surface area contributed by atoms with E-state index in [4.69, 9.17) is 5.11 Å². The van der Waals surface area contributed by atoms with E-state index in [2.05, 4.69) is 12.2 Å². The van der Waals surface area contributed by atoms with Crippen LogP contribution in [0.5, 0.6) is 0 Å². The van der Waals surface area contributed by atoms with E-state index in [0.29, 0.717) is 25.3 Å². The summed E-state index contributed by atoms with van der Waals surface area (Å²) in [5, 5.41) is 11.7. The van der Waals surface area contributed by atoms with Crippen LogP contribution in [0, 0.1) is 5.92 Å². The lowest BCUT2D eigenvalue weighted by atomic mass is 9.94. The summed E-state index contributed by atoms with van der Waals surface area (Å²) in [4.78, 5) is 22.4. The van der Waals surface area contributed by atoms with Gasteiger partial charge in [-0.15, -0.1) is 0 Å². The van der Waals surface area contributed by atoms with E-state index < -0.39 is 5.97 Å². The van der Waals surface area contributed by atoms with Crippen molar-refractivity contribution in [3.05, 3.63) is 35.9 Å². The van der Waals surface area contributed by atoms with Crippen LogP contribution in [0.1, 0.15) is 44.6 Å². The lowest BCUT2D eigenvalue weighted by Gasteiger charge is -2.15. The summed E-state index contributed by atoms with van der Waals surface area (Å²) in [5.41, 5.74) is 1.01. The van der Waals surface area contributed by atoms with Gasteiger partial charge >= 0.3 is 5.97 Å². The lowest BCUT2D eigenvalue weighted by Crippen LogP contribution is -2.27. The fourth-order valence-electron chi connectivity index (χ4n) is 2.43. The molecule has 4 heteroatoms. The van der Waals surface area contributed by atoms with Crippen molar-refractivity contribution in [2.75, 3.05) is 6.54 Å². The first-order valence-corrected chi connectivity index (χ1v) is 7.64.